The van der Waals surface area contributed by atoms with E-state index in [0.717, 1.165) is 31.4 Å². The molecule has 1 heterocycles. The maximum Gasteiger partial charge on any atom is 0.243 e. The van der Waals surface area contributed by atoms with Gasteiger partial charge in [-0.1, -0.05) is 20.3 Å². The number of sulfonamides is 1. The number of benzene rings is 1. The molecule has 0 aliphatic carbocycles. The molecule has 1 amide bonds. The van der Waals surface area contributed by atoms with Gasteiger partial charge in [-0.05, 0) is 62.1 Å². The number of carbonyl (C=O) groups is 1. The molecule has 1 saturated heterocycles. The van der Waals surface area contributed by atoms with Crippen molar-refractivity contribution in [2.24, 2.45) is 5.92 Å². The normalized spacial score (nSPS) is 19.9. The number of amides is 1. The summed E-state index contributed by atoms with van der Waals surface area (Å²) in [6.45, 7) is 7.27. The van der Waals surface area contributed by atoms with Crippen LogP contribution in [0, 0.1) is 5.92 Å². The van der Waals surface area contributed by atoms with Crippen molar-refractivity contribution in [3.05, 3.63) is 24.3 Å². The minimum absolute atomic E-state index is 0.0495. The van der Waals surface area contributed by atoms with E-state index in [1.54, 1.807) is 40.3 Å². The van der Waals surface area contributed by atoms with Gasteiger partial charge in [0.2, 0.25) is 15.9 Å². The first-order valence-electron chi connectivity index (χ1n) is 9.37. The van der Waals surface area contributed by atoms with Crippen LogP contribution in [-0.2, 0) is 14.8 Å². The lowest BCUT2D eigenvalue weighted by molar-refractivity contribution is -0.115. The molecular formula is C19H30N2O3S2. The molecule has 1 aromatic carbocycles. The van der Waals surface area contributed by atoms with Crippen LogP contribution in [0.1, 0.15) is 46.5 Å². The Balaban J connectivity index is 1.98. The van der Waals surface area contributed by atoms with Crippen LogP contribution in [0.15, 0.2) is 29.2 Å². The molecule has 2 rings (SSSR count). The number of hydrogen-bond acceptors (Lipinski definition) is 4. The molecule has 5 nitrogen and oxygen atoms in total. The third kappa shape index (κ3) is 5.72. The molecule has 0 aromatic heterocycles. The molecular weight excluding hydrogens is 368 g/mol. The van der Waals surface area contributed by atoms with Crippen LogP contribution in [0.5, 0.6) is 0 Å². The van der Waals surface area contributed by atoms with E-state index in [1.165, 1.54) is 0 Å². The van der Waals surface area contributed by atoms with E-state index in [-0.39, 0.29) is 16.1 Å². The van der Waals surface area contributed by atoms with E-state index < -0.39 is 10.0 Å². The Morgan fingerprint density at radius 2 is 2.04 bits per heavy atom. The van der Waals surface area contributed by atoms with E-state index in [4.69, 9.17) is 0 Å². The first kappa shape index (κ1) is 21.3. The van der Waals surface area contributed by atoms with Gasteiger partial charge in [-0.15, -0.1) is 11.8 Å². The van der Waals surface area contributed by atoms with Crippen LogP contribution in [0.2, 0.25) is 0 Å². The Labute approximate surface area is 162 Å². The second-order valence-corrected chi connectivity index (χ2v) is 10.4. The van der Waals surface area contributed by atoms with Crippen molar-refractivity contribution in [2.75, 3.05) is 24.2 Å². The summed E-state index contributed by atoms with van der Waals surface area (Å²) in [7, 11) is -3.45. The topological polar surface area (TPSA) is 66.5 Å². The SMILES string of the molecule is CCCCSC(C)C(=O)Nc1ccc(S(=O)(=O)N2CCCC(C)C2)cc1. The van der Waals surface area contributed by atoms with Gasteiger partial charge in [0.15, 0.2) is 0 Å². The number of thioether (sulfide) groups is 1. The zero-order chi connectivity index (χ0) is 19.2. The molecule has 1 aromatic rings. The molecule has 7 heteroatoms. The van der Waals surface area contributed by atoms with Gasteiger partial charge < -0.3 is 5.32 Å². The molecule has 146 valence electrons. The molecule has 1 fully saturated rings. The van der Waals surface area contributed by atoms with Gasteiger partial charge in [0.25, 0.3) is 0 Å². The summed E-state index contributed by atoms with van der Waals surface area (Å²) in [6, 6.07) is 6.50. The molecule has 1 N–H and O–H groups in total. The van der Waals surface area contributed by atoms with Gasteiger partial charge in [-0.2, -0.15) is 4.31 Å². The smallest absolute Gasteiger partial charge is 0.243 e. The number of piperidine rings is 1. The summed E-state index contributed by atoms with van der Waals surface area (Å²) in [5.41, 5.74) is 0.629. The van der Waals surface area contributed by atoms with Crippen molar-refractivity contribution in [1.82, 2.24) is 4.31 Å². The van der Waals surface area contributed by atoms with Crippen molar-refractivity contribution in [3.8, 4) is 0 Å². The minimum Gasteiger partial charge on any atom is -0.325 e. The molecule has 2 atom stereocenters. The Morgan fingerprint density at radius 3 is 2.65 bits per heavy atom. The van der Waals surface area contributed by atoms with Crippen LogP contribution < -0.4 is 5.32 Å². The van der Waals surface area contributed by atoms with Crippen LogP contribution in [0.3, 0.4) is 0 Å². The second-order valence-electron chi connectivity index (χ2n) is 6.99. The maximum absolute atomic E-state index is 12.8. The van der Waals surface area contributed by atoms with Gasteiger partial charge in [0, 0.05) is 18.8 Å². The number of anilines is 1. The van der Waals surface area contributed by atoms with Gasteiger partial charge in [-0.3, -0.25) is 4.79 Å². The van der Waals surface area contributed by atoms with E-state index in [9.17, 15) is 13.2 Å². The molecule has 2 unspecified atom stereocenters. The van der Waals surface area contributed by atoms with Crippen molar-refractivity contribution < 1.29 is 13.2 Å². The average molecular weight is 399 g/mol. The summed E-state index contributed by atoms with van der Waals surface area (Å²) in [5, 5.41) is 2.74. The predicted molar refractivity (Wildman–Crippen MR) is 109 cm³/mol. The highest BCUT2D eigenvalue weighted by Crippen LogP contribution is 2.24. The van der Waals surface area contributed by atoms with Crippen molar-refractivity contribution >= 4 is 33.4 Å². The van der Waals surface area contributed by atoms with Gasteiger partial charge >= 0.3 is 0 Å². The Kier molecular flexibility index (Phi) is 7.98. The van der Waals surface area contributed by atoms with E-state index in [0.29, 0.717) is 24.7 Å². The first-order valence-corrected chi connectivity index (χ1v) is 11.9. The fourth-order valence-electron chi connectivity index (χ4n) is 2.95. The Morgan fingerprint density at radius 1 is 1.35 bits per heavy atom. The molecule has 1 aliphatic heterocycles. The second kappa shape index (κ2) is 9.76. The summed E-state index contributed by atoms with van der Waals surface area (Å²) in [6.07, 6.45) is 4.20. The van der Waals surface area contributed by atoms with Crippen LogP contribution in [0.4, 0.5) is 5.69 Å². The number of nitrogens with one attached hydrogen (secondary N) is 1. The summed E-state index contributed by atoms with van der Waals surface area (Å²) in [4.78, 5) is 12.5. The van der Waals surface area contributed by atoms with Crippen molar-refractivity contribution in [2.45, 2.75) is 56.6 Å². The maximum atomic E-state index is 12.8. The molecule has 0 bridgehead atoms. The molecule has 26 heavy (non-hydrogen) atoms. The highest BCUT2D eigenvalue weighted by atomic mass is 32.2. The van der Waals surface area contributed by atoms with Crippen molar-refractivity contribution in [1.29, 1.82) is 0 Å². The Hall–Kier alpha value is -1.05. The van der Waals surface area contributed by atoms with Crippen LogP contribution in [-0.4, -0.2) is 42.7 Å². The van der Waals surface area contributed by atoms with Gasteiger partial charge in [-0.25, -0.2) is 8.42 Å². The average Bonchev–Trinajstić information content (AvgIpc) is 2.62. The Bertz CT molecular complexity index is 689. The third-order valence-corrected chi connectivity index (χ3v) is 7.73. The number of hydrogen-bond donors (Lipinski definition) is 1. The van der Waals surface area contributed by atoms with Gasteiger partial charge in [0.05, 0.1) is 10.1 Å². The fourth-order valence-corrected chi connectivity index (χ4v) is 5.57. The van der Waals surface area contributed by atoms with Crippen LogP contribution >= 0.6 is 11.8 Å². The lowest BCUT2D eigenvalue weighted by atomic mass is 10.0. The zero-order valence-electron chi connectivity index (χ0n) is 15.9. The lowest BCUT2D eigenvalue weighted by Gasteiger charge is -2.30. The number of carbonyl (C=O) groups excluding carboxylic acids is 1. The first-order chi connectivity index (χ1) is 12.3. The molecule has 0 saturated carbocycles. The number of rotatable bonds is 8. The summed E-state index contributed by atoms with van der Waals surface area (Å²) < 4.78 is 27.1. The largest absolute Gasteiger partial charge is 0.325 e. The number of nitrogens with zero attached hydrogens (tertiary/aromatic N) is 1. The lowest BCUT2D eigenvalue weighted by Crippen LogP contribution is -2.39. The molecule has 0 radical (unpaired) electrons. The number of unbranched alkanes of at least 4 members (excludes halogenated alkanes) is 1. The van der Waals surface area contributed by atoms with E-state index in [1.807, 2.05) is 6.92 Å². The standard InChI is InChI=1S/C19H30N2O3S2/c1-4-5-13-25-16(3)19(22)20-17-8-10-18(11-9-17)26(23,24)21-12-6-7-15(2)14-21/h8-11,15-16H,4-7,12-14H2,1-3H3,(H,20,22). The third-order valence-electron chi connectivity index (χ3n) is 4.61. The zero-order valence-corrected chi connectivity index (χ0v) is 17.5. The summed E-state index contributed by atoms with van der Waals surface area (Å²) in [5.74, 6) is 1.31. The monoisotopic (exact) mass is 398 g/mol. The molecule has 1 aliphatic rings. The van der Waals surface area contributed by atoms with Crippen LogP contribution in [0.25, 0.3) is 0 Å². The van der Waals surface area contributed by atoms with E-state index >= 15 is 0 Å². The summed E-state index contributed by atoms with van der Waals surface area (Å²) >= 11 is 1.64. The minimum atomic E-state index is -3.45. The predicted octanol–water partition coefficient (Wildman–Crippen LogP) is 3.97. The van der Waals surface area contributed by atoms with E-state index in [2.05, 4.69) is 19.2 Å². The molecule has 0 spiro atoms. The van der Waals surface area contributed by atoms with Crippen molar-refractivity contribution in [3.63, 3.8) is 0 Å². The fraction of sp³-hybridized carbons (Fsp3) is 0.632. The highest BCUT2D eigenvalue weighted by Gasteiger charge is 2.28. The quantitative estimate of drug-likeness (QED) is 0.673. The van der Waals surface area contributed by atoms with Gasteiger partial charge in [0.1, 0.15) is 0 Å². The highest BCUT2D eigenvalue weighted by molar-refractivity contribution is 8.00.